The zero-order valence-electron chi connectivity index (χ0n) is 37.2. The van der Waals surface area contributed by atoms with Gasteiger partial charge in [-0.05, 0) is 92.5 Å². The summed E-state index contributed by atoms with van der Waals surface area (Å²) in [5.41, 5.74) is 5.37. The first-order valence-corrected chi connectivity index (χ1v) is 23.9. The van der Waals surface area contributed by atoms with Gasteiger partial charge in [-0.25, -0.2) is 19.3 Å². The van der Waals surface area contributed by atoms with Gasteiger partial charge in [0.15, 0.2) is 5.82 Å². The second-order valence-corrected chi connectivity index (χ2v) is 18.9. The van der Waals surface area contributed by atoms with E-state index in [1.807, 2.05) is 18.2 Å². The van der Waals surface area contributed by atoms with E-state index in [9.17, 15) is 14.4 Å². The van der Waals surface area contributed by atoms with Crippen molar-refractivity contribution in [2.75, 3.05) is 53.9 Å². The fraction of sp³-hybridized carbons (Fsp3) is 0.429. The zero-order valence-corrected chi connectivity index (χ0v) is 38.8. The minimum absolute atomic E-state index is 0.00292. The molecule has 11 nitrogen and oxygen atoms in total. The number of anilines is 4. The van der Waals surface area contributed by atoms with Gasteiger partial charge in [-0.15, -0.1) is 11.3 Å². The van der Waals surface area contributed by atoms with Gasteiger partial charge in [0, 0.05) is 86.3 Å². The SMILES string of the molecule is CCCSNc1cccc(-c2nc(C(C)(C)C)sc2-c2ccnc(Nc3ccc(C4CCN(C(=O)C5CCN(c6ccccc6)CC5)CC4)cc3)n2)c1F.CNC(=O)CCCC=O. The van der Waals surface area contributed by atoms with Crippen molar-refractivity contribution in [3.05, 3.63) is 101 Å². The second-order valence-electron chi connectivity index (χ2n) is 17.0. The van der Waals surface area contributed by atoms with Gasteiger partial charge in [0.25, 0.3) is 0 Å². The Morgan fingerprint density at radius 1 is 0.921 bits per heavy atom. The normalized spacial score (nSPS) is 14.7. The molecule has 4 heterocycles. The molecule has 2 saturated heterocycles. The molecule has 3 N–H and O–H groups in total. The standard InChI is InChI=1S/C43H50FN7OS2.C6H11NO2/c1-5-28-53-49-35-13-9-12-34(37(35)44)38-39(54-41(48-38)43(2,3)4)36-18-23-45-42(47-36)46-32-16-14-29(15-17-32)30-19-26-51(27-20-30)40(52)31-21-24-50(25-22-31)33-10-7-6-8-11-33;1-7-6(9)4-2-3-5-8/h6-18,23,30-31,49H,5,19-22,24-28H2,1-4H3,(H,45,46,47);5H,2-4H2,1H3,(H,7,9). The number of nitrogens with zero attached hydrogens (tertiary/aromatic N) is 5. The summed E-state index contributed by atoms with van der Waals surface area (Å²) in [4.78, 5) is 53.4. The Balaban J connectivity index is 0.000000662. The van der Waals surface area contributed by atoms with Crippen molar-refractivity contribution in [1.29, 1.82) is 0 Å². The van der Waals surface area contributed by atoms with Crippen molar-refractivity contribution < 1.29 is 18.8 Å². The molecule has 0 unspecified atom stereocenters. The van der Waals surface area contributed by atoms with E-state index in [2.05, 4.69) is 106 Å². The van der Waals surface area contributed by atoms with Gasteiger partial charge in [0.2, 0.25) is 17.8 Å². The van der Waals surface area contributed by atoms with E-state index in [0.717, 1.165) is 85.9 Å². The third-order valence-electron chi connectivity index (χ3n) is 11.3. The van der Waals surface area contributed by atoms with E-state index in [0.29, 0.717) is 59.7 Å². The number of hydrogen-bond acceptors (Lipinski definition) is 11. The first kappa shape index (κ1) is 47.1. The monoisotopic (exact) mass is 892 g/mol. The molecule has 14 heteroatoms. The van der Waals surface area contributed by atoms with Crippen LogP contribution in [0.15, 0.2) is 85.1 Å². The number of piperidine rings is 2. The number of aldehydes is 1. The van der Waals surface area contributed by atoms with Crippen molar-refractivity contribution in [3.63, 3.8) is 0 Å². The van der Waals surface area contributed by atoms with Gasteiger partial charge in [0.1, 0.15) is 6.29 Å². The summed E-state index contributed by atoms with van der Waals surface area (Å²) in [6.45, 7) is 11.9. The van der Waals surface area contributed by atoms with Crippen LogP contribution in [0.25, 0.3) is 21.8 Å². The number of rotatable bonds is 15. The number of unbranched alkanes of at least 4 members (excludes halogenated alkanes) is 1. The Morgan fingerprint density at radius 2 is 1.65 bits per heavy atom. The Bertz CT molecular complexity index is 2250. The number of thiazole rings is 1. The number of carbonyl (C=O) groups is 3. The third-order valence-corrected chi connectivity index (χ3v) is 13.8. The lowest BCUT2D eigenvalue weighted by Crippen LogP contribution is -2.45. The van der Waals surface area contributed by atoms with E-state index in [1.54, 1.807) is 36.7 Å². The largest absolute Gasteiger partial charge is 0.371 e. The summed E-state index contributed by atoms with van der Waals surface area (Å²) in [5, 5.41) is 6.76. The smallest absolute Gasteiger partial charge is 0.227 e. The number of para-hydroxylation sites is 1. The van der Waals surface area contributed by atoms with Crippen LogP contribution in [0.1, 0.15) is 95.6 Å². The average Bonchev–Trinajstić information content (AvgIpc) is 3.77. The third kappa shape index (κ3) is 12.9. The van der Waals surface area contributed by atoms with Gasteiger partial charge in [-0.1, -0.05) is 76.0 Å². The van der Waals surface area contributed by atoms with Crippen LogP contribution in [-0.2, 0) is 19.8 Å². The van der Waals surface area contributed by atoms with Gasteiger partial charge >= 0.3 is 0 Å². The first-order valence-electron chi connectivity index (χ1n) is 22.1. The molecular weight excluding hydrogens is 832 g/mol. The fourth-order valence-electron chi connectivity index (χ4n) is 7.72. The predicted molar refractivity (Wildman–Crippen MR) is 257 cm³/mol. The second kappa shape index (κ2) is 22.8. The summed E-state index contributed by atoms with van der Waals surface area (Å²) < 4.78 is 19.1. The van der Waals surface area contributed by atoms with E-state index in [4.69, 9.17) is 9.97 Å². The van der Waals surface area contributed by atoms with Gasteiger partial charge in [0.05, 0.1) is 27.0 Å². The van der Waals surface area contributed by atoms with E-state index in [-0.39, 0.29) is 23.1 Å². The van der Waals surface area contributed by atoms with Crippen molar-refractivity contribution in [3.8, 4) is 21.8 Å². The average molecular weight is 893 g/mol. The van der Waals surface area contributed by atoms with Crippen LogP contribution in [0, 0.1) is 11.7 Å². The van der Waals surface area contributed by atoms with E-state index >= 15 is 4.39 Å². The van der Waals surface area contributed by atoms with Gasteiger partial charge < -0.3 is 30.0 Å². The highest BCUT2D eigenvalue weighted by Gasteiger charge is 2.32. The number of benzene rings is 3. The Morgan fingerprint density at radius 3 is 2.32 bits per heavy atom. The topological polar surface area (TPSA) is 132 Å². The molecule has 2 aliphatic rings. The van der Waals surface area contributed by atoms with Crippen molar-refractivity contribution >= 4 is 64.4 Å². The summed E-state index contributed by atoms with van der Waals surface area (Å²) >= 11 is 3.04. The lowest BCUT2D eigenvalue weighted by atomic mass is 9.88. The van der Waals surface area contributed by atoms with Crippen LogP contribution >= 0.6 is 23.3 Å². The van der Waals surface area contributed by atoms with Gasteiger partial charge in [-0.3, -0.25) is 9.59 Å². The molecule has 3 aromatic carbocycles. The number of hydrogen-bond donors (Lipinski definition) is 3. The highest BCUT2D eigenvalue weighted by atomic mass is 32.2. The lowest BCUT2D eigenvalue weighted by molar-refractivity contribution is -0.137. The minimum Gasteiger partial charge on any atom is -0.371 e. The molecule has 2 amide bonds. The predicted octanol–water partition coefficient (Wildman–Crippen LogP) is 10.6. The number of halogens is 1. The number of amides is 2. The molecule has 0 aliphatic carbocycles. The maximum atomic E-state index is 15.9. The molecule has 2 aliphatic heterocycles. The molecule has 63 heavy (non-hydrogen) atoms. The Kier molecular flexibility index (Phi) is 17.1. The highest BCUT2D eigenvalue weighted by molar-refractivity contribution is 8.00. The molecule has 2 aromatic heterocycles. The first-order chi connectivity index (χ1) is 30.5. The maximum Gasteiger partial charge on any atom is 0.227 e. The van der Waals surface area contributed by atoms with E-state index in [1.165, 1.54) is 23.2 Å². The van der Waals surface area contributed by atoms with Crippen molar-refractivity contribution in [2.45, 2.75) is 90.4 Å². The Labute approximate surface area is 380 Å². The van der Waals surface area contributed by atoms with Crippen molar-refractivity contribution in [1.82, 2.24) is 25.2 Å². The molecule has 0 radical (unpaired) electrons. The minimum atomic E-state index is -0.322. The summed E-state index contributed by atoms with van der Waals surface area (Å²) in [5.74, 6) is 1.90. The number of carbonyl (C=O) groups excluding carboxylic acids is 3. The van der Waals surface area contributed by atoms with Crippen LogP contribution in [0.3, 0.4) is 0 Å². The van der Waals surface area contributed by atoms with Crippen LogP contribution in [-0.4, -0.2) is 76.9 Å². The summed E-state index contributed by atoms with van der Waals surface area (Å²) in [6, 6.07) is 26.3. The van der Waals surface area contributed by atoms with Crippen molar-refractivity contribution in [2.24, 2.45) is 5.92 Å². The summed E-state index contributed by atoms with van der Waals surface area (Å²) in [6.07, 6.45) is 8.92. The lowest BCUT2D eigenvalue weighted by Gasteiger charge is -2.38. The molecule has 0 spiro atoms. The molecule has 5 aromatic rings. The maximum absolute atomic E-state index is 15.9. The molecular formula is C49H61FN8O3S2. The van der Waals surface area contributed by atoms with Crippen LogP contribution in [0.2, 0.25) is 0 Å². The molecule has 0 saturated carbocycles. The number of likely N-dealkylation sites (tertiary alicyclic amines) is 1. The number of aromatic nitrogens is 3. The molecule has 7 rings (SSSR count). The Hall–Kier alpha value is -5.34. The molecule has 334 valence electrons. The number of nitrogens with one attached hydrogen (secondary N) is 3. The zero-order chi connectivity index (χ0) is 44.8. The highest BCUT2D eigenvalue weighted by Crippen LogP contribution is 2.42. The molecule has 2 fully saturated rings. The quantitative estimate of drug-likeness (QED) is 0.0530. The van der Waals surface area contributed by atoms with Crippen LogP contribution in [0.4, 0.5) is 27.4 Å². The van der Waals surface area contributed by atoms with E-state index < -0.39 is 0 Å². The molecule has 0 atom stereocenters. The summed E-state index contributed by atoms with van der Waals surface area (Å²) in [7, 11) is 1.59. The van der Waals surface area contributed by atoms with Crippen LogP contribution in [0.5, 0.6) is 0 Å². The fourth-order valence-corrected chi connectivity index (χ4v) is 9.45. The van der Waals surface area contributed by atoms with Crippen LogP contribution < -0.4 is 20.3 Å². The molecule has 0 bridgehead atoms. The van der Waals surface area contributed by atoms with Gasteiger partial charge in [-0.2, -0.15) is 0 Å².